The van der Waals surface area contributed by atoms with E-state index in [0.717, 1.165) is 33.5 Å². The van der Waals surface area contributed by atoms with Crippen molar-refractivity contribution in [3.63, 3.8) is 0 Å². The van der Waals surface area contributed by atoms with E-state index in [0.29, 0.717) is 13.2 Å². The van der Waals surface area contributed by atoms with E-state index >= 15 is 0 Å². The minimum atomic E-state index is -0.225. The minimum absolute atomic E-state index is 0.225. The van der Waals surface area contributed by atoms with Crippen molar-refractivity contribution in [2.45, 2.75) is 18.7 Å². The van der Waals surface area contributed by atoms with Gasteiger partial charge in [0.1, 0.15) is 0 Å². The molecule has 0 aliphatic carbocycles. The van der Waals surface area contributed by atoms with Crippen molar-refractivity contribution >= 4 is 27.5 Å². The normalized spacial score (nSPS) is 15.4. The summed E-state index contributed by atoms with van der Waals surface area (Å²) < 4.78 is 12.4. The van der Waals surface area contributed by atoms with E-state index in [1.165, 1.54) is 5.56 Å². The number of rotatable bonds is 2. The molecule has 1 atom stereocenters. The SMILES string of the molecule is Cc1ccc(C(Cl)c2ccc3c(c2)OCCCO3)c(Br)c1. The Kier molecular flexibility index (Phi) is 4.41. The molecule has 0 saturated heterocycles. The molecule has 0 bridgehead atoms. The summed E-state index contributed by atoms with van der Waals surface area (Å²) in [6, 6.07) is 12.1. The molecule has 0 saturated carbocycles. The molecule has 0 aromatic heterocycles. The summed E-state index contributed by atoms with van der Waals surface area (Å²) in [6.07, 6.45) is 0.901. The maximum atomic E-state index is 6.65. The first-order chi connectivity index (χ1) is 10.1. The largest absolute Gasteiger partial charge is 0.490 e. The van der Waals surface area contributed by atoms with Crippen molar-refractivity contribution in [2.75, 3.05) is 13.2 Å². The van der Waals surface area contributed by atoms with Gasteiger partial charge in [0.05, 0.1) is 18.6 Å². The summed E-state index contributed by atoms with van der Waals surface area (Å²) >= 11 is 10.2. The number of alkyl halides is 1. The fraction of sp³-hybridized carbons (Fsp3) is 0.294. The van der Waals surface area contributed by atoms with Crippen LogP contribution in [0.25, 0.3) is 0 Å². The average molecular weight is 368 g/mol. The second-order valence-electron chi connectivity index (χ2n) is 5.14. The van der Waals surface area contributed by atoms with Crippen LogP contribution in [0.1, 0.15) is 28.5 Å². The number of fused-ring (bicyclic) bond motifs is 1. The van der Waals surface area contributed by atoms with Crippen LogP contribution in [0.5, 0.6) is 11.5 Å². The summed E-state index contributed by atoms with van der Waals surface area (Å²) in [7, 11) is 0. The Morgan fingerprint density at radius 3 is 2.57 bits per heavy atom. The molecular weight excluding hydrogens is 352 g/mol. The lowest BCUT2D eigenvalue weighted by Crippen LogP contribution is -1.98. The van der Waals surface area contributed by atoms with Gasteiger partial charge in [-0.05, 0) is 41.8 Å². The fourth-order valence-corrected chi connectivity index (χ4v) is 3.53. The maximum Gasteiger partial charge on any atom is 0.161 e. The van der Waals surface area contributed by atoms with Crippen molar-refractivity contribution in [3.8, 4) is 11.5 Å². The molecule has 1 aliphatic rings. The van der Waals surface area contributed by atoms with Gasteiger partial charge in [0, 0.05) is 10.9 Å². The Morgan fingerprint density at radius 2 is 1.81 bits per heavy atom. The molecule has 0 fully saturated rings. The molecule has 2 aromatic carbocycles. The van der Waals surface area contributed by atoms with E-state index in [9.17, 15) is 0 Å². The molecule has 2 nitrogen and oxygen atoms in total. The number of ether oxygens (including phenoxy) is 2. The molecule has 0 N–H and O–H groups in total. The average Bonchev–Trinajstić information content (AvgIpc) is 2.71. The van der Waals surface area contributed by atoms with E-state index in [1.54, 1.807) is 0 Å². The van der Waals surface area contributed by atoms with E-state index in [4.69, 9.17) is 21.1 Å². The monoisotopic (exact) mass is 366 g/mol. The first-order valence-corrected chi connectivity index (χ1v) is 8.18. The Balaban J connectivity index is 1.94. The van der Waals surface area contributed by atoms with Gasteiger partial charge >= 0.3 is 0 Å². The van der Waals surface area contributed by atoms with Gasteiger partial charge in [0.25, 0.3) is 0 Å². The van der Waals surface area contributed by atoms with E-state index in [2.05, 4.69) is 41.1 Å². The van der Waals surface area contributed by atoms with Gasteiger partial charge in [0.2, 0.25) is 0 Å². The zero-order valence-corrected chi connectivity index (χ0v) is 14.1. The number of benzene rings is 2. The predicted molar refractivity (Wildman–Crippen MR) is 88.6 cm³/mol. The van der Waals surface area contributed by atoms with Crippen LogP contribution in [0.2, 0.25) is 0 Å². The third-order valence-electron chi connectivity index (χ3n) is 3.49. The first-order valence-electron chi connectivity index (χ1n) is 6.95. The van der Waals surface area contributed by atoms with Crippen molar-refractivity contribution in [2.24, 2.45) is 0 Å². The molecule has 0 amide bonds. The van der Waals surface area contributed by atoms with E-state index in [1.807, 2.05) is 18.2 Å². The van der Waals surface area contributed by atoms with Gasteiger partial charge in [-0.15, -0.1) is 11.6 Å². The van der Waals surface area contributed by atoms with Crippen LogP contribution >= 0.6 is 27.5 Å². The molecule has 0 spiro atoms. The molecule has 1 heterocycles. The zero-order chi connectivity index (χ0) is 14.8. The smallest absolute Gasteiger partial charge is 0.161 e. The van der Waals surface area contributed by atoms with Crippen LogP contribution in [0.4, 0.5) is 0 Å². The number of aryl methyl sites for hydroxylation is 1. The minimum Gasteiger partial charge on any atom is -0.490 e. The molecule has 1 aliphatic heterocycles. The van der Waals surface area contributed by atoms with Crippen LogP contribution in [-0.2, 0) is 0 Å². The Hall–Kier alpha value is -1.19. The Labute approximate surface area is 138 Å². The Morgan fingerprint density at radius 1 is 1.05 bits per heavy atom. The number of hydrogen-bond donors (Lipinski definition) is 0. The maximum absolute atomic E-state index is 6.65. The fourth-order valence-electron chi connectivity index (χ4n) is 2.35. The molecule has 1 unspecified atom stereocenters. The van der Waals surface area contributed by atoms with Gasteiger partial charge in [-0.1, -0.05) is 34.1 Å². The third kappa shape index (κ3) is 3.19. The Bertz CT molecular complexity index is 657. The van der Waals surface area contributed by atoms with Crippen LogP contribution < -0.4 is 9.47 Å². The topological polar surface area (TPSA) is 18.5 Å². The lowest BCUT2D eigenvalue weighted by molar-refractivity contribution is 0.297. The van der Waals surface area contributed by atoms with Gasteiger partial charge in [0.15, 0.2) is 11.5 Å². The summed E-state index contributed by atoms with van der Waals surface area (Å²) in [5.41, 5.74) is 3.26. The molecule has 4 heteroatoms. The van der Waals surface area contributed by atoms with E-state index in [-0.39, 0.29) is 5.38 Å². The van der Waals surface area contributed by atoms with Crippen molar-refractivity contribution in [3.05, 3.63) is 57.6 Å². The van der Waals surface area contributed by atoms with Crippen molar-refractivity contribution in [1.82, 2.24) is 0 Å². The van der Waals surface area contributed by atoms with Crippen LogP contribution in [0, 0.1) is 6.92 Å². The molecular formula is C17H16BrClO2. The van der Waals surface area contributed by atoms with Gasteiger partial charge < -0.3 is 9.47 Å². The van der Waals surface area contributed by atoms with E-state index < -0.39 is 0 Å². The third-order valence-corrected chi connectivity index (χ3v) is 4.67. The lowest BCUT2D eigenvalue weighted by Gasteiger charge is -2.15. The molecule has 2 aromatic rings. The lowest BCUT2D eigenvalue weighted by atomic mass is 10.0. The highest BCUT2D eigenvalue weighted by Gasteiger charge is 2.18. The van der Waals surface area contributed by atoms with Gasteiger partial charge in [-0.25, -0.2) is 0 Å². The van der Waals surface area contributed by atoms with Crippen molar-refractivity contribution < 1.29 is 9.47 Å². The molecule has 21 heavy (non-hydrogen) atoms. The van der Waals surface area contributed by atoms with Crippen molar-refractivity contribution in [1.29, 1.82) is 0 Å². The highest BCUT2D eigenvalue weighted by Crippen LogP contribution is 2.38. The van der Waals surface area contributed by atoms with Crippen LogP contribution in [0.3, 0.4) is 0 Å². The summed E-state index contributed by atoms with van der Waals surface area (Å²) in [5, 5.41) is -0.225. The second kappa shape index (κ2) is 6.29. The predicted octanol–water partition coefficient (Wildman–Crippen LogP) is 5.25. The highest BCUT2D eigenvalue weighted by molar-refractivity contribution is 9.10. The van der Waals surface area contributed by atoms with Crippen LogP contribution in [0.15, 0.2) is 40.9 Å². The zero-order valence-electron chi connectivity index (χ0n) is 11.7. The summed E-state index contributed by atoms with van der Waals surface area (Å²) in [4.78, 5) is 0. The molecule has 0 radical (unpaired) electrons. The van der Waals surface area contributed by atoms with Gasteiger partial charge in [-0.2, -0.15) is 0 Å². The summed E-state index contributed by atoms with van der Waals surface area (Å²) in [6.45, 7) is 3.43. The number of halogens is 2. The standard InChI is InChI=1S/C17H16BrClO2/c1-11-3-5-13(14(18)9-11)17(19)12-4-6-15-16(10-12)21-8-2-7-20-15/h3-6,9-10,17H,2,7-8H2,1H3. The first kappa shape index (κ1) is 14.7. The number of hydrogen-bond acceptors (Lipinski definition) is 2. The second-order valence-corrected chi connectivity index (χ2v) is 6.43. The molecule has 110 valence electrons. The summed E-state index contributed by atoms with van der Waals surface area (Å²) in [5.74, 6) is 1.57. The quantitative estimate of drug-likeness (QED) is 0.675. The molecule has 3 rings (SSSR count). The van der Waals surface area contributed by atoms with Crippen LogP contribution in [-0.4, -0.2) is 13.2 Å². The van der Waals surface area contributed by atoms with Gasteiger partial charge in [-0.3, -0.25) is 0 Å². The highest BCUT2D eigenvalue weighted by atomic mass is 79.9.